The second-order valence-electron chi connectivity index (χ2n) is 5.59. The van der Waals surface area contributed by atoms with Crippen LogP contribution in [0.15, 0.2) is 30.3 Å². The number of nitrogens with two attached hydrogens (primary N) is 1. The third kappa shape index (κ3) is 2.43. The van der Waals surface area contributed by atoms with Gasteiger partial charge in [-0.3, -0.25) is 4.79 Å². The van der Waals surface area contributed by atoms with Crippen molar-refractivity contribution in [2.24, 2.45) is 5.73 Å². The maximum absolute atomic E-state index is 11.9. The molecular weight excluding hydrogens is 290 g/mol. The molecule has 1 aromatic carbocycles. The average molecular weight is 307 g/mol. The van der Waals surface area contributed by atoms with E-state index >= 15 is 0 Å². The number of sulfonamides is 1. The lowest BCUT2D eigenvalue weighted by Crippen LogP contribution is -2.57. The van der Waals surface area contributed by atoms with E-state index in [0.717, 1.165) is 23.1 Å². The van der Waals surface area contributed by atoms with Crippen LogP contribution in [0, 0.1) is 0 Å². The molecule has 0 aromatic heterocycles. The summed E-state index contributed by atoms with van der Waals surface area (Å²) in [7, 11) is -3.55. The van der Waals surface area contributed by atoms with Gasteiger partial charge in [-0.1, -0.05) is 18.2 Å². The Morgan fingerprint density at radius 2 is 2.14 bits per heavy atom. The van der Waals surface area contributed by atoms with Gasteiger partial charge >= 0.3 is 0 Å². The second kappa shape index (κ2) is 4.57. The summed E-state index contributed by atoms with van der Waals surface area (Å²) in [6.07, 6.45) is 3.67. The molecule has 3 rings (SSSR count). The van der Waals surface area contributed by atoms with E-state index in [0.29, 0.717) is 12.8 Å². The zero-order valence-electron chi connectivity index (χ0n) is 11.6. The SMILES string of the molecule is CS(=O)(=O)NC1(C(N)=O)C=C2c3ccccc3NC2CC1. The molecule has 6 nitrogen and oxygen atoms in total. The van der Waals surface area contributed by atoms with Gasteiger partial charge in [-0.05, 0) is 30.6 Å². The molecule has 0 bridgehead atoms. The first-order valence-corrected chi connectivity index (χ1v) is 8.57. The lowest BCUT2D eigenvalue weighted by Gasteiger charge is -2.34. The number of nitrogens with one attached hydrogen (secondary N) is 2. The molecule has 0 spiro atoms. The lowest BCUT2D eigenvalue weighted by atomic mass is 9.80. The first kappa shape index (κ1) is 14.1. The Labute approximate surface area is 123 Å². The highest BCUT2D eigenvalue weighted by atomic mass is 32.2. The van der Waals surface area contributed by atoms with Gasteiger partial charge in [0.2, 0.25) is 15.9 Å². The largest absolute Gasteiger partial charge is 0.378 e. The predicted molar refractivity (Wildman–Crippen MR) is 81.0 cm³/mol. The highest BCUT2D eigenvalue weighted by Gasteiger charge is 2.44. The number of hydrogen-bond acceptors (Lipinski definition) is 4. The minimum Gasteiger partial charge on any atom is -0.378 e. The molecule has 0 fully saturated rings. The molecule has 7 heteroatoms. The molecule has 21 heavy (non-hydrogen) atoms. The summed E-state index contributed by atoms with van der Waals surface area (Å²) in [6.45, 7) is 0. The van der Waals surface area contributed by atoms with E-state index in [9.17, 15) is 13.2 Å². The molecule has 112 valence electrons. The number of carbonyl (C=O) groups excluding carboxylic acids is 1. The predicted octanol–water partition coefficient (Wildman–Crippen LogP) is 0.431. The molecule has 1 amide bonds. The van der Waals surface area contributed by atoms with Gasteiger partial charge < -0.3 is 11.1 Å². The maximum atomic E-state index is 11.9. The Kier molecular flexibility index (Phi) is 3.07. The normalized spacial score (nSPS) is 27.3. The molecule has 2 atom stereocenters. The summed E-state index contributed by atoms with van der Waals surface area (Å²) in [5, 5.41) is 3.38. The van der Waals surface area contributed by atoms with Crippen LogP contribution in [-0.2, 0) is 14.8 Å². The van der Waals surface area contributed by atoms with Crippen molar-refractivity contribution in [2.45, 2.75) is 24.4 Å². The molecule has 1 aliphatic carbocycles. The second-order valence-corrected chi connectivity index (χ2v) is 7.34. The molecule has 1 aliphatic heterocycles. The lowest BCUT2D eigenvalue weighted by molar-refractivity contribution is -0.122. The van der Waals surface area contributed by atoms with Gasteiger partial charge in [0.05, 0.1) is 12.3 Å². The average Bonchev–Trinajstić information content (AvgIpc) is 2.74. The fourth-order valence-corrected chi connectivity index (χ4v) is 4.01. The number of fused-ring (bicyclic) bond motifs is 3. The summed E-state index contributed by atoms with van der Waals surface area (Å²) < 4.78 is 25.6. The van der Waals surface area contributed by atoms with Gasteiger partial charge in [-0.25, -0.2) is 8.42 Å². The van der Waals surface area contributed by atoms with Gasteiger partial charge in [-0.15, -0.1) is 0 Å². The number of anilines is 1. The third-order valence-electron chi connectivity index (χ3n) is 3.98. The number of para-hydroxylation sites is 1. The van der Waals surface area contributed by atoms with Gasteiger partial charge in [-0.2, -0.15) is 4.72 Å². The van der Waals surface area contributed by atoms with Crippen molar-refractivity contribution >= 4 is 27.2 Å². The third-order valence-corrected chi connectivity index (χ3v) is 4.71. The summed E-state index contributed by atoms with van der Waals surface area (Å²) in [5.41, 5.74) is 7.04. The van der Waals surface area contributed by atoms with Gasteiger partial charge in [0.25, 0.3) is 0 Å². The first-order chi connectivity index (χ1) is 9.81. The van der Waals surface area contributed by atoms with Crippen molar-refractivity contribution in [2.75, 3.05) is 11.6 Å². The minimum atomic E-state index is -3.55. The van der Waals surface area contributed by atoms with Crippen LogP contribution < -0.4 is 15.8 Å². The quantitative estimate of drug-likeness (QED) is 0.753. The van der Waals surface area contributed by atoms with Crippen LogP contribution in [0.1, 0.15) is 18.4 Å². The highest BCUT2D eigenvalue weighted by Crippen LogP contribution is 2.42. The number of benzene rings is 1. The van der Waals surface area contributed by atoms with Crippen molar-refractivity contribution in [1.29, 1.82) is 0 Å². The summed E-state index contributed by atoms with van der Waals surface area (Å²) in [6, 6.07) is 7.85. The van der Waals surface area contributed by atoms with E-state index in [4.69, 9.17) is 5.73 Å². The van der Waals surface area contributed by atoms with Crippen LogP contribution >= 0.6 is 0 Å². The zero-order chi connectivity index (χ0) is 15.3. The summed E-state index contributed by atoms with van der Waals surface area (Å²) in [5.74, 6) is -0.678. The molecule has 0 saturated carbocycles. The number of amides is 1. The number of hydrogen-bond donors (Lipinski definition) is 3. The van der Waals surface area contributed by atoms with Crippen LogP contribution in [0.4, 0.5) is 5.69 Å². The van der Waals surface area contributed by atoms with E-state index in [-0.39, 0.29) is 6.04 Å². The van der Waals surface area contributed by atoms with E-state index in [1.54, 1.807) is 6.08 Å². The Morgan fingerprint density at radius 1 is 1.43 bits per heavy atom. The van der Waals surface area contributed by atoms with Crippen molar-refractivity contribution in [3.8, 4) is 0 Å². The monoisotopic (exact) mass is 307 g/mol. The Morgan fingerprint density at radius 3 is 2.81 bits per heavy atom. The van der Waals surface area contributed by atoms with Crippen molar-refractivity contribution in [3.63, 3.8) is 0 Å². The topological polar surface area (TPSA) is 101 Å². The minimum absolute atomic E-state index is 0.0937. The summed E-state index contributed by atoms with van der Waals surface area (Å²) >= 11 is 0. The summed E-state index contributed by atoms with van der Waals surface area (Å²) in [4.78, 5) is 11.9. The van der Waals surface area contributed by atoms with Crippen LogP contribution in [-0.4, -0.2) is 32.2 Å². The fraction of sp³-hybridized carbons (Fsp3) is 0.357. The highest BCUT2D eigenvalue weighted by molar-refractivity contribution is 7.88. The Bertz CT molecular complexity index is 742. The molecule has 1 aromatic rings. The van der Waals surface area contributed by atoms with Gasteiger partial charge in [0.15, 0.2) is 0 Å². The first-order valence-electron chi connectivity index (χ1n) is 6.68. The Balaban J connectivity index is 2.10. The van der Waals surface area contributed by atoms with Gasteiger partial charge in [0.1, 0.15) is 5.54 Å². The van der Waals surface area contributed by atoms with E-state index < -0.39 is 21.5 Å². The van der Waals surface area contributed by atoms with Crippen LogP contribution in [0.2, 0.25) is 0 Å². The van der Waals surface area contributed by atoms with Crippen LogP contribution in [0.25, 0.3) is 5.57 Å². The molecule has 4 N–H and O–H groups in total. The molecule has 2 unspecified atom stereocenters. The zero-order valence-corrected chi connectivity index (χ0v) is 12.4. The number of carbonyl (C=O) groups is 1. The van der Waals surface area contributed by atoms with E-state index in [1.807, 2.05) is 24.3 Å². The fourth-order valence-electron chi connectivity index (χ4n) is 3.09. The van der Waals surface area contributed by atoms with E-state index in [1.165, 1.54) is 0 Å². The molecule has 1 heterocycles. The van der Waals surface area contributed by atoms with Crippen LogP contribution in [0.5, 0.6) is 0 Å². The molecular formula is C14H17N3O3S. The molecule has 2 aliphatic rings. The van der Waals surface area contributed by atoms with Gasteiger partial charge in [0, 0.05) is 11.3 Å². The van der Waals surface area contributed by atoms with Crippen LogP contribution in [0.3, 0.4) is 0 Å². The van der Waals surface area contributed by atoms with Crippen molar-refractivity contribution < 1.29 is 13.2 Å². The smallest absolute Gasteiger partial charge is 0.242 e. The van der Waals surface area contributed by atoms with E-state index in [2.05, 4.69) is 10.0 Å². The number of rotatable bonds is 3. The standard InChI is InChI=1S/C14H17N3O3S/c1-21(19,20)17-14(13(15)18)7-6-12-10(8-14)9-4-2-3-5-11(9)16-12/h2-5,8,12,16-17H,6-7H2,1H3,(H2,15,18). The van der Waals surface area contributed by atoms with Crippen molar-refractivity contribution in [1.82, 2.24) is 4.72 Å². The molecule has 0 radical (unpaired) electrons. The number of primary amides is 1. The maximum Gasteiger partial charge on any atom is 0.242 e. The Hall–Kier alpha value is -1.86. The molecule has 0 saturated heterocycles. The van der Waals surface area contributed by atoms with Crippen molar-refractivity contribution in [3.05, 3.63) is 35.9 Å².